The first kappa shape index (κ1) is 16.5. The van der Waals surface area contributed by atoms with Crippen molar-refractivity contribution in [2.24, 2.45) is 5.41 Å². The van der Waals surface area contributed by atoms with Crippen molar-refractivity contribution < 1.29 is 4.74 Å². The van der Waals surface area contributed by atoms with E-state index in [2.05, 4.69) is 41.8 Å². The van der Waals surface area contributed by atoms with Gasteiger partial charge in [0.05, 0.1) is 5.60 Å². The molecule has 1 N–H and O–H groups in total. The molecule has 2 rings (SSSR count). The molecule has 1 saturated carbocycles. The fourth-order valence-corrected chi connectivity index (χ4v) is 3.60. The van der Waals surface area contributed by atoms with Crippen LogP contribution < -0.4 is 5.32 Å². The monoisotopic (exact) mass is 293 g/mol. The summed E-state index contributed by atoms with van der Waals surface area (Å²) < 4.78 is 8.27. The van der Waals surface area contributed by atoms with Gasteiger partial charge in [-0.15, -0.1) is 0 Å². The quantitative estimate of drug-likeness (QED) is 0.876. The Labute approximate surface area is 129 Å². The summed E-state index contributed by atoms with van der Waals surface area (Å²) in [7, 11) is 3.92. The molecule has 1 fully saturated rings. The van der Waals surface area contributed by atoms with Gasteiger partial charge in [-0.05, 0) is 45.1 Å². The van der Waals surface area contributed by atoms with Crippen molar-refractivity contribution >= 4 is 0 Å². The molecule has 4 nitrogen and oxygen atoms in total. The molecular formula is C17H31N3O. The second-order valence-corrected chi connectivity index (χ2v) is 7.11. The lowest BCUT2D eigenvalue weighted by Crippen LogP contribution is -2.55. The van der Waals surface area contributed by atoms with E-state index in [1.165, 1.54) is 12.8 Å². The minimum Gasteiger partial charge on any atom is -0.377 e. The highest BCUT2D eigenvalue weighted by Gasteiger charge is 2.44. The van der Waals surface area contributed by atoms with Crippen LogP contribution in [0.3, 0.4) is 0 Å². The van der Waals surface area contributed by atoms with E-state index in [0.717, 1.165) is 31.6 Å². The van der Waals surface area contributed by atoms with E-state index in [0.29, 0.717) is 11.5 Å². The fourth-order valence-electron chi connectivity index (χ4n) is 3.60. The molecular weight excluding hydrogens is 262 g/mol. The van der Waals surface area contributed by atoms with Crippen LogP contribution in [0.4, 0.5) is 0 Å². The highest BCUT2D eigenvalue weighted by atomic mass is 16.5. The maximum absolute atomic E-state index is 6.05. The van der Waals surface area contributed by atoms with Gasteiger partial charge in [0.1, 0.15) is 5.82 Å². The van der Waals surface area contributed by atoms with Gasteiger partial charge in [0.25, 0.3) is 0 Å². The number of rotatable bonds is 6. The van der Waals surface area contributed by atoms with Gasteiger partial charge in [-0.25, -0.2) is 4.98 Å². The van der Waals surface area contributed by atoms with Gasteiger partial charge in [-0.1, -0.05) is 13.8 Å². The first-order valence-electron chi connectivity index (χ1n) is 8.19. The number of nitrogens with zero attached hydrogens (tertiary/aromatic N) is 2. The number of methoxy groups -OCH3 is 1. The molecule has 1 aromatic heterocycles. The molecule has 0 radical (unpaired) electrons. The Balaban J connectivity index is 2.15. The zero-order valence-corrected chi connectivity index (χ0v) is 14.3. The van der Waals surface area contributed by atoms with Gasteiger partial charge in [0, 0.05) is 38.5 Å². The van der Waals surface area contributed by atoms with Crippen LogP contribution >= 0.6 is 0 Å². The van der Waals surface area contributed by atoms with Crippen LogP contribution in [0.25, 0.3) is 0 Å². The molecule has 1 unspecified atom stereocenters. The molecule has 1 aliphatic rings. The van der Waals surface area contributed by atoms with Crippen LogP contribution in [0.5, 0.6) is 0 Å². The van der Waals surface area contributed by atoms with Crippen LogP contribution in [-0.2, 0) is 17.7 Å². The van der Waals surface area contributed by atoms with E-state index in [9.17, 15) is 0 Å². The van der Waals surface area contributed by atoms with Gasteiger partial charge in [0.15, 0.2) is 0 Å². The third-order valence-electron chi connectivity index (χ3n) is 5.37. The van der Waals surface area contributed by atoms with Crippen LogP contribution in [0.1, 0.15) is 52.3 Å². The molecule has 1 aromatic rings. The predicted molar refractivity (Wildman–Crippen MR) is 86.4 cm³/mol. The fraction of sp³-hybridized carbons (Fsp3) is 0.824. The Bertz CT molecular complexity index is 443. The lowest BCUT2D eigenvalue weighted by Gasteiger charge is -2.47. The summed E-state index contributed by atoms with van der Waals surface area (Å²) in [5.41, 5.74) is 0.386. The van der Waals surface area contributed by atoms with E-state index >= 15 is 0 Å². The summed E-state index contributed by atoms with van der Waals surface area (Å²) >= 11 is 0. The van der Waals surface area contributed by atoms with E-state index < -0.39 is 0 Å². The first-order chi connectivity index (χ1) is 9.96. The number of hydrogen-bond donors (Lipinski definition) is 1. The summed E-state index contributed by atoms with van der Waals surface area (Å²) in [5.74, 6) is 1.15. The number of nitrogens with one attached hydrogen (secondary N) is 1. The van der Waals surface area contributed by atoms with Crippen molar-refractivity contribution in [3.8, 4) is 0 Å². The minimum absolute atomic E-state index is 0.0607. The molecule has 0 spiro atoms. The topological polar surface area (TPSA) is 39.1 Å². The van der Waals surface area contributed by atoms with Crippen molar-refractivity contribution in [3.05, 3.63) is 18.2 Å². The number of aromatic nitrogens is 2. The lowest BCUT2D eigenvalue weighted by atomic mass is 9.68. The van der Waals surface area contributed by atoms with Crippen molar-refractivity contribution in [1.29, 1.82) is 0 Å². The standard InChI is InChI=1S/C17H31N3O/c1-6-20-12-11-19-15(20)13-14(18-4)17(21-5)9-7-16(2,3)8-10-17/h11-12,14,18H,6-10,13H2,1-5H3. The second-order valence-electron chi connectivity index (χ2n) is 7.11. The summed E-state index contributed by atoms with van der Waals surface area (Å²) in [6, 6.07) is 0.311. The molecule has 0 bridgehead atoms. The van der Waals surface area contributed by atoms with Crippen LogP contribution in [-0.4, -0.2) is 35.4 Å². The molecule has 0 aromatic carbocycles. The Kier molecular flexibility index (Phi) is 5.10. The Morgan fingerprint density at radius 3 is 2.52 bits per heavy atom. The zero-order valence-electron chi connectivity index (χ0n) is 14.3. The van der Waals surface area contributed by atoms with Crippen molar-refractivity contribution in [2.75, 3.05) is 14.2 Å². The third kappa shape index (κ3) is 3.49. The van der Waals surface area contributed by atoms with Gasteiger partial charge in [0.2, 0.25) is 0 Å². The highest BCUT2D eigenvalue weighted by Crippen LogP contribution is 2.43. The van der Waals surface area contributed by atoms with Crippen LogP contribution in [0.2, 0.25) is 0 Å². The molecule has 21 heavy (non-hydrogen) atoms. The maximum atomic E-state index is 6.05. The van der Waals surface area contributed by atoms with E-state index in [1.807, 2.05) is 20.4 Å². The van der Waals surface area contributed by atoms with Crippen LogP contribution in [0, 0.1) is 5.41 Å². The summed E-state index contributed by atoms with van der Waals surface area (Å²) in [4.78, 5) is 4.53. The van der Waals surface area contributed by atoms with Gasteiger partial charge >= 0.3 is 0 Å². The molecule has 0 aliphatic heterocycles. The van der Waals surface area contributed by atoms with Crippen molar-refractivity contribution in [2.45, 2.75) is 71.1 Å². The number of aryl methyl sites for hydroxylation is 1. The van der Waals surface area contributed by atoms with Crippen LogP contribution in [0.15, 0.2) is 12.4 Å². The second kappa shape index (κ2) is 6.49. The van der Waals surface area contributed by atoms with E-state index in [4.69, 9.17) is 4.74 Å². The average molecular weight is 293 g/mol. The lowest BCUT2D eigenvalue weighted by molar-refractivity contribution is -0.0851. The molecule has 4 heteroatoms. The van der Waals surface area contributed by atoms with Gasteiger partial charge in [-0.3, -0.25) is 0 Å². The minimum atomic E-state index is -0.0607. The molecule has 0 amide bonds. The molecule has 0 saturated heterocycles. The van der Waals surface area contributed by atoms with Crippen molar-refractivity contribution in [1.82, 2.24) is 14.9 Å². The van der Waals surface area contributed by atoms with Crippen molar-refractivity contribution in [3.63, 3.8) is 0 Å². The third-order valence-corrected chi connectivity index (χ3v) is 5.37. The number of ether oxygens (including phenoxy) is 1. The summed E-state index contributed by atoms with van der Waals surface area (Å²) in [6.45, 7) is 7.86. The number of likely N-dealkylation sites (N-methyl/N-ethyl adjacent to an activating group) is 1. The number of hydrogen-bond acceptors (Lipinski definition) is 3. The molecule has 1 aliphatic carbocycles. The SMILES string of the molecule is CCn1ccnc1CC(NC)C1(OC)CCC(C)(C)CC1. The normalized spacial score (nSPS) is 22.1. The van der Waals surface area contributed by atoms with E-state index in [-0.39, 0.29) is 5.60 Å². The highest BCUT2D eigenvalue weighted by molar-refractivity contribution is 5.04. The summed E-state index contributed by atoms with van der Waals surface area (Å²) in [5, 5.41) is 3.50. The predicted octanol–water partition coefficient (Wildman–Crippen LogP) is 3.02. The Hall–Kier alpha value is -0.870. The van der Waals surface area contributed by atoms with Gasteiger partial charge in [-0.2, -0.15) is 0 Å². The smallest absolute Gasteiger partial charge is 0.110 e. The average Bonchev–Trinajstić information content (AvgIpc) is 2.93. The Morgan fingerprint density at radius 1 is 1.33 bits per heavy atom. The summed E-state index contributed by atoms with van der Waals surface area (Å²) in [6.07, 6.45) is 9.57. The van der Waals surface area contributed by atoms with Gasteiger partial charge < -0.3 is 14.6 Å². The maximum Gasteiger partial charge on any atom is 0.110 e. The Morgan fingerprint density at radius 2 is 2.00 bits per heavy atom. The molecule has 1 heterocycles. The molecule has 1 atom stereocenters. The first-order valence-corrected chi connectivity index (χ1v) is 8.19. The molecule has 120 valence electrons. The van der Waals surface area contributed by atoms with E-state index in [1.54, 1.807) is 0 Å². The zero-order chi connectivity index (χ0) is 15.5. The number of imidazole rings is 1. The largest absolute Gasteiger partial charge is 0.377 e.